The first-order valence-corrected chi connectivity index (χ1v) is 9.95. The molecule has 0 unspecified atom stereocenters. The standard InChI is InChI=1S/C21H32N4O3/c1-4-6-8-10-19(26)24-22-14-17-12-16(3)21(28)18(13-17)15-23-25-20(27)11-9-7-5-2/h12-15,28H,4-11H2,1-3H3,(H,24,26)(H,25,27). The van der Waals surface area contributed by atoms with E-state index in [0.717, 1.165) is 38.5 Å². The SMILES string of the molecule is CCCCCC(=O)NN=Cc1cc(C)c(O)c(C=NNC(=O)CCCCC)c1. The van der Waals surface area contributed by atoms with Crippen LogP contribution in [-0.4, -0.2) is 29.4 Å². The second kappa shape index (κ2) is 13.5. The van der Waals surface area contributed by atoms with Crippen molar-refractivity contribution in [3.05, 3.63) is 28.8 Å². The molecule has 1 aromatic carbocycles. The van der Waals surface area contributed by atoms with Crippen LogP contribution in [0.4, 0.5) is 0 Å². The average molecular weight is 389 g/mol. The largest absolute Gasteiger partial charge is 0.507 e. The van der Waals surface area contributed by atoms with E-state index in [1.807, 2.05) is 0 Å². The Balaban J connectivity index is 2.65. The van der Waals surface area contributed by atoms with Crippen LogP contribution >= 0.6 is 0 Å². The number of hydrogen-bond acceptors (Lipinski definition) is 5. The van der Waals surface area contributed by atoms with Crippen molar-refractivity contribution in [2.24, 2.45) is 10.2 Å². The summed E-state index contributed by atoms with van der Waals surface area (Å²) >= 11 is 0. The van der Waals surface area contributed by atoms with Crippen molar-refractivity contribution >= 4 is 24.2 Å². The minimum absolute atomic E-state index is 0.0877. The Morgan fingerprint density at radius 3 is 2.00 bits per heavy atom. The lowest BCUT2D eigenvalue weighted by molar-refractivity contribution is -0.122. The van der Waals surface area contributed by atoms with Gasteiger partial charge in [-0.3, -0.25) is 9.59 Å². The van der Waals surface area contributed by atoms with Gasteiger partial charge in [-0.05, 0) is 43.0 Å². The molecule has 3 N–H and O–H groups in total. The van der Waals surface area contributed by atoms with Crippen LogP contribution in [0, 0.1) is 6.92 Å². The van der Waals surface area contributed by atoms with E-state index < -0.39 is 0 Å². The summed E-state index contributed by atoms with van der Waals surface area (Å²) in [5.74, 6) is -0.179. The molecule has 0 aliphatic heterocycles. The number of phenols is 1. The topological polar surface area (TPSA) is 103 Å². The smallest absolute Gasteiger partial charge is 0.240 e. The number of aromatic hydroxyl groups is 1. The molecule has 0 atom stereocenters. The maximum absolute atomic E-state index is 11.7. The molecule has 0 heterocycles. The molecule has 0 saturated carbocycles. The molecular weight excluding hydrogens is 356 g/mol. The predicted molar refractivity (Wildman–Crippen MR) is 113 cm³/mol. The highest BCUT2D eigenvalue weighted by Gasteiger charge is 2.06. The van der Waals surface area contributed by atoms with E-state index >= 15 is 0 Å². The Hall–Kier alpha value is -2.70. The highest BCUT2D eigenvalue weighted by molar-refractivity contribution is 5.90. The number of aryl methyl sites for hydroxylation is 1. The van der Waals surface area contributed by atoms with Gasteiger partial charge in [0.25, 0.3) is 0 Å². The molecule has 0 aromatic heterocycles. The third-order valence-corrected chi connectivity index (χ3v) is 4.16. The summed E-state index contributed by atoms with van der Waals surface area (Å²) in [5, 5.41) is 18.1. The highest BCUT2D eigenvalue weighted by atomic mass is 16.3. The van der Waals surface area contributed by atoms with E-state index in [-0.39, 0.29) is 17.6 Å². The summed E-state index contributed by atoms with van der Waals surface area (Å²) in [6.45, 7) is 5.92. The van der Waals surface area contributed by atoms with Crippen molar-refractivity contribution in [2.45, 2.75) is 72.1 Å². The minimum Gasteiger partial charge on any atom is -0.507 e. The van der Waals surface area contributed by atoms with Crippen LogP contribution in [0.1, 0.15) is 81.9 Å². The summed E-state index contributed by atoms with van der Waals surface area (Å²) in [4.78, 5) is 23.3. The zero-order chi connectivity index (χ0) is 20.8. The number of nitrogens with one attached hydrogen (secondary N) is 2. The number of rotatable bonds is 12. The molecular formula is C21H32N4O3. The maximum atomic E-state index is 11.7. The number of carbonyl (C=O) groups excluding carboxylic acids is 2. The minimum atomic E-state index is -0.149. The number of unbranched alkanes of at least 4 members (excludes halogenated alkanes) is 4. The van der Waals surface area contributed by atoms with Crippen LogP contribution in [0.5, 0.6) is 5.75 Å². The first-order chi connectivity index (χ1) is 13.5. The summed E-state index contributed by atoms with van der Waals surface area (Å²) in [5.41, 5.74) is 6.79. The van der Waals surface area contributed by atoms with E-state index in [1.54, 1.807) is 19.1 Å². The van der Waals surface area contributed by atoms with Crippen LogP contribution in [0.2, 0.25) is 0 Å². The molecule has 2 amide bonds. The molecule has 1 rings (SSSR count). The number of nitrogens with zero attached hydrogens (tertiary/aromatic N) is 2. The highest BCUT2D eigenvalue weighted by Crippen LogP contribution is 2.21. The van der Waals surface area contributed by atoms with Crippen molar-refractivity contribution < 1.29 is 14.7 Å². The lowest BCUT2D eigenvalue weighted by atomic mass is 10.1. The van der Waals surface area contributed by atoms with Crippen molar-refractivity contribution in [2.75, 3.05) is 0 Å². The van der Waals surface area contributed by atoms with E-state index in [2.05, 4.69) is 34.9 Å². The van der Waals surface area contributed by atoms with Gasteiger partial charge >= 0.3 is 0 Å². The Morgan fingerprint density at radius 1 is 0.929 bits per heavy atom. The number of hydrogen-bond donors (Lipinski definition) is 3. The molecule has 0 radical (unpaired) electrons. The number of amides is 2. The van der Waals surface area contributed by atoms with Crippen LogP contribution < -0.4 is 10.9 Å². The number of hydrazone groups is 2. The van der Waals surface area contributed by atoms with Crippen LogP contribution in [-0.2, 0) is 9.59 Å². The molecule has 0 spiro atoms. The second-order valence-corrected chi connectivity index (χ2v) is 6.78. The normalized spacial score (nSPS) is 11.2. The van der Waals surface area contributed by atoms with Crippen molar-refractivity contribution in [1.29, 1.82) is 0 Å². The van der Waals surface area contributed by atoms with Gasteiger partial charge < -0.3 is 5.11 Å². The van der Waals surface area contributed by atoms with Crippen LogP contribution in [0.15, 0.2) is 22.3 Å². The molecule has 7 heteroatoms. The first-order valence-electron chi connectivity index (χ1n) is 9.95. The molecule has 154 valence electrons. The van der Waals surface area contributed by atoms with Gasteiger partial charge in [-0.25, -0.2) is 10.9 Å². The number of phenolic OH excluding ortho intramolecular Hbond substituents is 1. The Kier molecular flexibility index (Phi) is 11.2. The summed E-state index contributed by atoms with van der Waals surface area (Å²) in [6, 6.07) is 3.44. The molecule has 0 fully saturated rings. The monoisotopic (exact) mass is 388 g/mol. The summed E-state index contributed by atoms with van der Waals surface area (Å²) < 4.78 is 0. The molecule has 0 saturated heterocycles. The molecule has 0 bridgehead atoms. The Morgan fingerprint density at radius 2 is 1.46 bits per heavy atom. The van der Waals surface area contributed by atoms with Crippen molar-refractivity contribution in [3.8, 4) is 5.75 Å². The predicted octanol–water partition coefficient (Wildman–Crippen LogP) is 3.76. The lowest BCUT2D eigenvalue weighted by Gasteiger charge is -2.05. The van der Waals surface area contributed by atoms with Gasteiger partial charge in [0, 0.05) is 18.4 Å². The van der Waals surface area contributed by atoms with Gasteiger partial charge in [0.05, 0.1) is 12.4 Å². The Labute approximate surface area is 167 Å². The van der Waals surface area contributed by atoms with Gasteiger partial charge in [0.1, 0.15) is 5.75 Å². The van der Waals surface area contributed by atoms with Crippen LogP contribution in [0.25, 0.3) is 0 Å². The van der Waals surface area contributed by atoms with Gasteiger partial charge in [-0.2, -0.15) is 10.2 Å². The fourth-order valence-electron chi connectivity index (χ4n) is 2.54. The van der Waals surface area contributed by atoms with Crippen LogP contribution in [0.3, 0.4) is 0 Å². The maximum Gasteiger partial charge on any atom is 0.240 e. The molecule has 7 nitrogen and oxygen atoms in total. The zero-order valence-corrected chi connectivity index (χ0v) is 17.1. The van der Waals surface area contributed by atoms with Gasteiger partial charge in [-0.1, -0.05) is 39.5 Å². The Bertz CT molecular complexity index is 699. The average Bonchev–Trinajstić information content (AvgIpc) is 2.66. The lowest BCUT2D eigenvalue weighted by Crippen LogP contribution is -2.17. The van der Waals surface area contributed by atoms with Gasteiger partial charge in [0.15, 0.2) is 0 Å². The van der Waals surface area contributed by atoms with Gasteiger partial charge in [0.2, 0.25) is 11.8 Å². The molecule has 28 heavy (non-hydrogen) atoms. The fourth-order valence-corrected chi connectivity index (χ4v) is 2.54. The second-order valence-electron chi connectivity index (χ2n) is 6.78. The molecule has 0 aliphatic carbocycles. The summed E-state index contributed by atoms with van der Waals surface area (Å²) in [7, 11) is 0. The molecule has 0 aliphatic rings. The van der Waals surface area contributed by atoms with Crippen molar-refractivity contribution in [3.63, 3.8) is 0 Å². The van der Waals surface area contributed by atoms with E-state index in [0.29, 0.717) is 29.5 Å². The third kappa shape index (κ3) is 9.30. The van der Waals surface area contributed by atoms with E-state index in [1.165, 1.54) is 12.4 Å². The first kappa shape index (κ1) is 23.3. The third-order valence-electron chi connectivity index (χ3n) is 4.16. The quantitative estimate of drug-likeness (QED) is 0.288. The fraction of sp³-hybridized carbons (Fsp3) is 0.524. The van der Waals surface area contributed by atoms with E-state index in [4.69, 9.17) is 0 Å². The zero-order valence-electron chi connectivity index (χ0n) is 17.1. The number of carbonyl (C=O) groups is 2. The number of benzene rings is 1. The van der Waals surface area contributed by atoms with Crippen molar-refractivity contribution in [1.82, 2.24) is 10.9 Å². The molecule has 1 aromatic rings. The van der Waals surface area contributed by atoms with E-state index in [9.17, 15) is 14.7 Å². The summed E-state index contributed by atoms with van der Waals surface area (Å²) in [6.07, 6.45) is 9.63. The van der Waals surface area contributed by atoms with Gasteiger partial charge in [-0.15, -0.1) is 0 Å².